The molecule has 3 aromatic rings. The van der Waals surface area contributed by atoms with Crippen molar-refractivity contribution in [2.45, 2.75) is 13.8 Å². The van der Waals surface area contributed by atoms with Crippen LogP contribution in [0.4, 0.5) is 17.1 Å². The number of aromatic nitrogens is 2. The molecule has 0 bridgehead atoms. The molecule has 10 nitrogen and oxygen atoms in total. The van der Waals surface area contributed by atoms with Crippen molar-refractivity contribution in [1.82, 2.24) is 9.78 Å². The normalized spacial score (nSPS) is 11.1. The molecule has 0 radical (unpaired) electrons. The largest absolute Gasteiger partial charge is 0.348 e. The summed E-state index contributed by atoms with van der Waals surface area (Å²) >= 11 is 0. The van der Waals surface area contributed by atoms with E-state index < -0.39 is 21.2 Å². The standard InChI is InChI=1S/C18H15N5O5/c1-11-3-6-14(7-4-11)21-18(24)15(12(2)20-21)10-19-13-5-8-16(22(25)26)17(9-13)23(27)28/h3-10,20H,1-2H3. The fourth-order valence-electron chi connectivity index (χ4n) is 2.62. The molecular formula is C18H15N5O5. The summed E-state index contributed by atoms with van der Waals surface area (Å²) in [5, 5.41) is 24.9. The highest BCUT2D eigenvalue weighted by molar-refractivity contribution is 5.83. The summed E-state index contributed by atoms with van der Waals surface area (Å²) in [6, 6.07) is 10.6. The van der Waals surface area contributed by atoms with Crippen LogP contribution >= 0.6 is 0 Å². The number of hydrogen-bond acceptors (Lipinski definition) is 6. The van der Waals surface area contributed by atoms with Gasteiger partial charge in [0.05, 0.1) is 26.8 Å². The van der Waals surface area contributed by atoms with Crippen LogP contribution in [0, 0.1) is 34.1 Å². The quantitative estimate of drug-likeness (QED) is 0.410. The third-order valence-corrected chi connectivity index (χ3v) is 4.10. The van der Waals surface area contributed by atoms with Crippen molar-refractivity contribution in [1.29, 1.82) is 0 Å². The average Bonchev–Trinajstić information content (AvgIpc) is 2.94. The molecule has 10 heteroatoms. The number of aryl methyl sites for hydroxylation is 2. The van der Waals surface area contributed by atoms with E-state index in [-0.39, 0.29) is 16.8 Å². The number of aliphatic imine (C=N–C) groups is 1. The van der Waals surface area contributed by atoms with Crippen molar-refractivity contribution in [3.8, 4) is 5.69 Å². The van der Waals surface area contributed by atoms with Crippen LogP contribution in [0.15, 0.2) is 52.3 Å². The second-order valence-corrected chi connectivity index (χ2v) is 6.07. The van der Waals surface area contributed by atoms with E-state index >= 15 is 0 Å². The van der Waals surface area contributed by atoms with Crippen LogP contribution in [0.25, 0.3) is 5.69 Å². The lowest BCUT2D eigenvalue weighted by Crippen LogP contribution is -2.17. The summed E-state index contributed by atoms with van der Waals surface area (Å²) in [6.45, 7) is 3.64. The van der Waals surface area contributed by atoms with Gasteiger partial charge in [-0.25, -0.2) is 4.68 Å². The second-order valence-electron chi connectivity index (χ2n) is 6.07. The maximum absolute atomic E-state index is 12.7. The van der Waals surface area contributed by atoms with E-state index in [4.69, 9.17) is 0 Å². The summed E-state index contributed by atoms with van der Waals surface area (Å²) in [5.74, 6) is 0. The van der Waals surface area contributed by atoms with Gasteiger partial charge in [0, 0.05) is 24.0 Å². The van der Waals surface area contributed by atoms with Gasteiger partial charge in [-0.15, -0.1) is 0 Å². The Bertz CT molecular complexity index is 1160. The summed E-state index contributed by atoms with van der Waals surface area (Å²) in [6.07, 6.45) is 1.28. The van der Waals surface area contributed by atoms with E-state index in [9.17, 15) is 25.0 Å². The highest BCUT2D eigenvalue weighted by Gasteiger charge is 2.24. The molecular weight excluding hydrogens is 366 g/mol. The van der Waals surface area contributed by atoms with Gasteiger partial charge in [-0.3, -0.25) is 35.1 Å². The van der Waals surface area contributed by atoms with Gasteiger partial charge in [-0.05, 0) is 32.0 Å². The average molecular weight is 381 g/mol. The minimum Gasteiger partial charge on any atom is -0.295 e. The molecule has 1 heterocycles. The molecule has 1 N–H and O–H groups in total. The Labute approximate surface area is 158 Å². The van der Waals surface area contributed by atoms with Gasteiger partial charge in [0.2, 0.25) is 0 Å². The zero-order chi connectivity index (χ0) is 20.4. The highest BCUT2D eigenvalue weighted by atomic mass is 16.6. The molecule has 0 aliphatic rings. The van der Waals surface area contributed by atoms with Crippen molar-refractivity contribution >= 4 is 23.3 Å². The molecule has 0 saturated carbocycles. The zero-order valence-electron chi connectivity index (χ0n) is 14.9. The zero-order valence-corrected chi connectivity index (χ0v) is 14.9. The minimum absolute atomic E-state index is 0.124. The summed E-state index contributed by atoms with van der Waals surface area (Å²) in [7, 11) is 0. The predicted molar refractivity (Wildman–Crippen MR) is 103 cm³/mol. The number of hydrogen-bond donors (Lipinski definition) is 1. The molecule has 0 amide bonds. The molecule has 0 unspecified atom stereocenters. The molecule has 0 saturated heterocycles. The Kier molecular flexibility index (Phi) is 4.86. The Balaban J connectivity index is 1.98. The van der Waals surface area contributed by atoms with E-state index in [0.29, 0.717) is 11.4 Å². The Morgan fingerprint density at radius 3 is 2.25 bits per heavy atom. The molecule has 3 rings (SSSR count). The maximum atomic E-state index is 12.7. The smallest absolute Gasteiger partial charge is 0.295 e. The molecule has 0 aliphatic carbocycles. The number of nitro benzene ring substituents is 2. The number of H-pyrrole nitrogens is 1. The lowest BCUT2D eigenvalue weighted by molar-refractivity contribution is -0.422. The summed E-state index contributed by atoms with van der Waals surface area (Å²) in [4.78, 5) is 37.0. The van der Waals surface area contributed by atoms with Crippen LogP contribution in [-0.4, -0.2) is 25.8 Å². The molecule has 0 fully saturated rings. The first kappa shape index (κ1) is 18.7. The molecule has 28 heavy (non-hydrogen) atoms. The van der Waals surface area contributed by atoms with Crippen molar-refractivity contribution in [2.75, 3.05) is 0 Å². The van der Waals surface area contributed by atoms with Gasteiger partial charge < -0.3 is 0 Å². The van der Waals surface area contributed by atoms with Crippen LogP contribution < -0.4 is 5.56 Å². The lowest BCUT2D eigenvalue weighted by Gasteiger charge is -2.01. The van der Waals surface area contributed by atoms with E-state index in [2.05, 4.69) is 10.1 Å². The third kappa shape index (κ3) is 3.56. The van der Waals surface area contributed by atoms with E-state index in [1.54, 1.807) is 19.1 Å². The van der Waals surface area contributed by atoms with Crippen molar-refractivity contribution in [3.63, 3.8) is 0 Å². The van der Waals surface area contributed by atoms with Gasteiger partial charge in [0.25, 0.3) is 5.56 Å². The molecule has 1 aromatic heterocycles. The fourth-order valence-corrected chi connectivity index (χ4v) is 2.62. The Morgan fingerprint density at radius 2 is 1.64 bits per heavy atom. The van der Waals surface area contributed by atoms with Gasteiger partial charge in [-0.1, -0.05) is 17.7 Å². The number of aromatic amines is 1. The number of nitro groups is 2. The van der Waals surface area contributed by atoms with Gasteiger partial charge >= 0.3 is 11.4 Å². The number of nitrogens with one attached hydrogen (secondary N) is 1. The van der Waals surface area contributed by atoms with Crippen LogP contribution in [0.1, 0.15) is 16.8 Å². The number of nitrogens with zero attached hydrogens (tertiary/aromatic N) is 4. The van der Waals surface area contributed by atoms with Crippen molar-refractivity contribution in [3.05, 3.63) is 89.9 Å². The lowest BCUT2D eigenvalue weighted by atomic mass is 10.2. The van der Waals surface area contributed by atoms with E-state index in [1.165, 1.54) is 17.0 Å². The molecule has 142 valence electrons. The summed E-state index contributed by atoms with van der Waals surface area (Å²) in [5.41, 5.74) is 1.06. The monoisotopic (exact) mass is 381 g/mol. The van der Waals surface area contributed by atoms with E-state index in [0.717, 1.165) is 17.7 Å². The first-order chi connectivity index (χ1) is 13.3. The van der Waals surface area contributed by atoms with Gasteiger partial charge in [0.1, 0.15) is 0 Å². The fraction of sp³-hybridized carbons (Fsp3) is 0.111. The first-order valence-corrected chi connectivity index (χ1v) is 8.13. The Morgan fingerprint density at radius 1 is 1.00 bits per heavy atom. The van der Waals surface area contributed by atoms with E-state index in [1.807, 2.05) is 19.1 Å². The Hall–Kier alpha value is -4.08. The first-order valence-electron chi connectivity index (χ1n) is 8.13. The summed E-state index contributed by atoms with van der Waals surface area (Å²) < 4.78 is 1.37. The highest BCUT2D eigenvalue weighted by Crippen LogP contribution is 2.30. The number of benzene rings is 2. The van der Waals surface area contributed by atoms with Crippen molar-refractivity contribution < 1.29 is 9.85 Å². The van der Waals surface area contributed by atoms with Crippen LogP contribution in [0.5, 0.6) is 0 Å². The molecule has 2 aromatic carbocycles. The maximum Gasteiger partial charge on any atom is 0.348 e. The van der Waals surface area contributed by atoms with Crippen molar-refractivity contribution in [2.24, 2.45) is 4.99 Å². The SMILES string of the molecule is Cc1ccc(-n2[nH]c(C)c(C=Nc3ccc([N+](=O)[O-])c([N+](=O)[O-])c3)c2=O)cc1. The molecule has 0 aliphatic heterocycles. The van der Waals surface area contributed by atoms with Gasteiger partial charge in [-0.2, -0.15) is 0 Å². The predicted octanol–water partition coefficient (Wildman–Crippen LogP) is 3.35. The van der Waals surface area contributed by atoms with Crippen LogP contribution in [-0.2, 0) is 0 Å². The van der Waals surface area contributed by atoms with Crippen LogP contribution in [0.3, 0.4) is 0 Å². The molecule has 0 atom stereocenters. The second kappa shape index (κ2) is 7.27. The van der Waals surface area contributed by atoms with Gasteiger partial charge in [0.15, 0.2) is 0 Å². The number of rotatable bonds is 5. The minimum atomic E-state index is -0.844. The van der Waals surface area contributed by atoms with Crippen LogP contribution in [0.2, 0.25) is 0 Å². The topological polar surface area (TPSA) is 136 Å². The third-order valence-electron chi connectivity index (χ3n) is 4.10. The molecule has 0 spiro atoms.